The average Bonchev–Trinajstić information content (AvgIpc) is 3.11. The monoisotopic (exact) mass is 442 g/mol. The molecule has 3 saturated heterocycles. The molecule has 3 fully saturated rings. The molecule has 0 aliphatic carbocycles. The summed E-state index contributed by atoms with van der Waals surface area (Å²) in [7, 11) is 4.44. The molecule has 0 amide bonds. The van der Waals surface area contributed by atoms with Crippen molar-refractivity contribution in [3.05, 3.63) is 71.8 Å². The van der Waals surface area contributed by atoms with Crippen LogP contribution in [0.4, 0.5) is 0 Å². The van der Waals surface area contributed by atoms with Gasteiger partial charge in [-0.1, -0.05) is 82.3 Å². The summed E-state index contributed by atoms with van der Waals surface area (Å²) in [5, 5.41) is 0. The van der Waals surface area contributed by atoms with Crippen LogP contribution in [-0.2, 0) is 13.1 Å². The van der Waals surface area contributed by atoms with Crippen LogP contribution in [0.3, 0.4) is 0 Å². The standard InChI is InChI=1S/C24H30N2S3/c1-3-7-21(8-4-1)19-25-15-11-23(12-16-25)27-24(29-28-23)13-17-26(18-14-24)20-22-9-5-2-6-10-22/h1-10H,11-20H2. The zero-order chi connectivity index (χ0) is 19.6. The lowest BCUT2D eigenvalue weighted by atomic mass is 10.1. The third kappa shape index (κ3) is 4.85. The molecule has 0 unspecified atom stereocenters. The van der Waals surface area contributed by atoms with Crippen molar-refractivity contribution < 1.29 is 0 Å². The van der Waals surface area contributed by atoms with Gasteiger partial charge < -0.3 is 0 Å². The van der Waals surface area contributed by atoms with Crippen LogP contribution < -0.4 is 0 Å². The minimum atomic E-state index is 0.458. The Balaban J connectivity index is 1.12. The Kier molecular flexibility index (Phi) is 6.22. The Labute approximate surface area is 187 Å². The van der Waals surface area contributed by atoms with E-state index >= 15 is 0 Å². The van der Waals surface area contributed by atoms with Crippen molar-refractivity contribution in [1.82, 2.24) is 9.80 Å². The fraction of sp³-hybridized carbons (Fsp3) is 0.500. The average molecular weight is 443 g/mol. The Morgan fingerprint density at radius 3 is 1.34 bits per heavy atom. The lowest BCUT2D eigenvalue weighted by molar-refractivity contribution is 0.212. The van der Waals surface area contributed by atoms with Crippen molar-refractivity contribution in [3.8, 4) is 0 Å². The number of hydrogen-bond donors (Lipinski definition) is 0. The van der Waals surface area contributed by atoms with E-state index in [2.05, 4.69) is 104 Å². The molecule has 2 aromatic carbocycles. The molecule has 5 rings (SSSR count). The molecule has 3 heterocycles. The second-order valence-corrected chi connectivity index (χ2v) is 13.8. The minimum Gasteiger partial charge on any atom is -0.299 e. The van der Waals surface area contributed by atoms with Gasteiger partial charge in [0.15, 0.2) is 0 Å². The van der Waals surface area contributed by atoms with Gasteiger partial charge in [-0.25, -0.2) is 0 Å². The summed E-state index contributed by atoms with van der Waals surface area (Å²) in [6.07, 6.45) is 5.32. The smallest absolute Gasteiger partial charge is 0.0753 e. The Morgan fingerprint density at radius 1 is 0.586 bits per heavy atom. The fourth-order valence-corrected chi connectivity index (χ4v) is 11.7. The van der Waals surface area contributed by atoms with Crippen molar-refractivity contribution >= 4 is 33.3 Å². The first-order valence-electron chi connectivity index (χ1n) is 10.8. The van der Waals surface area contributed by atoms with Crippen LogP contribution in [0.1, 0.15) is 36.8 Å². The van der Waals surface area contributed by atoms with Crippen LogP contribution in [0.15, 0.2) is 60.7 Å². The Morgan fingerprint density at radius 2 is 0.966 bits per heavy atom. The molecular weight excluding hydrogens is 412 g/mol. The van der Waals surface area contributed by atoms with Gasteiger partial charge in [0.1, 0.15) is 0 Å². The maximum atomic E-state index is 2.65. The summed E-state index contributed by atoms with van der Waals surface area (Å²) in [6, 6.07) is 21.9. The number of nitrogens with zero attached hydrogens (tertiary/aromatic N) is 2. The lowest BCUT2D eigenvalue weighted by Gasteiger charge is -2.41. The predicted octanol–water partition coefficient (Wildman–Crippen LogP) is 6.10. The highest BCUT2D eigenvalue weighted by atomic mass is 33.1. The lowest BCUT2D eigenvalue weighted by Crippen LogP contribution is -2.42. The fourth-order valence-electron chi connectivity index (χ4n) is 4.68. The van der Waals surface area contributed by atoms with E-state index in [1.54, 1.807) is 0 Å². The molecule has 29 heavy (non-hydrogen) atoms. The molecule has 0 aromatic heterocycles. The summed E-state index contributed by atoms with van der Waals surface area (Å²) < 4.78 is 0.916. The van der Waals surface area contributed by atoms with Crippen molar-refractivity contribution in [2.24, 2.45) is 0 Å². The minimum absolute atomic E-state index is 0.458. The highest BCUT2D eigenvalue weighted by Gasteiger charge is 2.52. The summed E-state index contributed by atoms with van der Waals surface area (Å²) in [6.45, 7) is 7.19. The van der Waals surface area contributed by atoms with Gasteiger partial charge in [-0.05, 0) is 36.8 Å². The van der Waals surface area contributed by atoms with Crippen molar-refractivity contribution in [2.75, 3.05) is 26.2 Å². The molecule has 5 heteroatoms. The van der Waals surface area contributed by atoms with E-state index in [1.165, 1.54) is 63.0 Å². The summed E-state index contributed by atoms with van der Waals surface area (Å²) in [4.78, 5) is 5.31. The van der Waals surface area contributed by atoms with Gasteiger partial charge in [-0.2, -0.15) is 0 Å². The van der Waals surface area contributed by atoms with Crippen LogP contribution in [0.2, 0.25) is 0 Å². The molecule has 2 nitrogen and oxygen atoms in total. The third-order valence-electron chi connectivity index (χ3n) is 6.45. The summed E-state index contributed by atoms with van der Waals surface area (Å²) >= 11 is 2.35. The predicted molar refractivity (Wildman–Crippen MR) is 130 cm³/mol. The summed E-state index contributed by atoms with van der Waals surface area (Å²) in [5.41, 5.74) is 2.90. The van der Waals surface area contributed by atoms with E-state index in [0.717, 1.165) is 13.1 Å². The van der Waals surface area contributed by atoms with Gasteiger partial charge in [0.2, 0.25) is 0 Å². The second kappa shape index (κ2) is 8.88. The normalized spacial score (nSPS) is 24.3. The molecule has 3 aliphatic rings. The quantitative estimate of drug-likeness (QED) is 0.526. The van der Waals surface area contributed by atoms with Crippen molar-refractivity contribution in [1.29, 1.82) is 0 Å². The first-order chi connectivity index (χ1) is 14.2. The highest BCUT2D eigenvalue weighted by molar-refractivity contribution is 8.83. The second-order valence-electron chi connectivity index (χ2n) is 8.61. The van der Waals surface area contributed by atoms with Crippen LogP contribution in [0.5, 0.6) is 0 Å². The molecule has 2 spiro atoms. The molecule has 154 valence electrons. The van der Waals surface area contributed by atoms with Crippen LogP contribution in [0, 0.1) is 0 Å². The number of piperidine rings is 2. The molecule has 0 saturated carbocycles. The topological polar surface area (TPSA) is 6.48 Å². The van der Waals surface area contributed by atoms with Gasteiger partial charge in [-0.15, -0.1) is 11.8 Å². The zero-order valence-electron chi connectivity index (χ0n) is 17.0. The molecule has 0 atom stereocenters. The molecule has 3 aliphatic heterocycles. The first kappa shape index (κ1) is 20.3. The third-order valence-corrected chi connectivity index (χ3v) is 13.3. The van der Waals surface area contributed by atoms with Gasteiger partial charge in [-0.3, -0.25) is 9.80 Å². The number of rotatable bonds is 4. The summed E-state index contributed by atoms with van der Waals surface area (Å²) in [5.74, 6) is 0. The van der Waals surface area contributed by atoms with Crippen LogP contribution >= 0.6 is 33.3 Å². The van der Waals surface area contributed by atoms with Crippen LogP contribution in [-0.4, -0.2) is 44.1 Å². The number of likely N-dealkylation sites (tertiary alicyclic amines) is 2. The van der Waals surface area contributed by atoms with E-state index < -0.39 is 0 Å². The molecule has 2 aromatic rings. The molecule has 0 bridgehead atoms. The van der Waals surface area contributed by atoms with E-state index in [0.29, 0.717) is 8.16 Å². The van der Waals surface area contributed by atoms with Gasteiger partial charge in [0, 0.05) is 39.3 Å². The van der Waals surface area contributed by atoms with E-state index in [4.69, 9.17) is 0 Å². The SMILES string of the molecule is c1ccc(CN2CCC3(CC2)SSC2(CCN(Cc4ccccc4)CC2)S3)cc1. The van der Waals surface area contributed by atoms with Crippen LogP contribution in [0.25, 0.3) is 0 Å². The largest absolute Gasteiger partial charge is 0.299 e. The Hall–Kier alpha value is -0.590. The van der Waals surface area contributed by atoms with Gasteiger partial charge in [0.25, 0.3) is 0 Å². The zero-order valence-corrected chi connectivity index (χ0v) is 19.4. The molecule has 0 radical (unpaired) electrons. The number of hydrogen-bond acceptors (Lipinski definition) is 5. The highest BCUT2D eigenvalue weighted by Crippen LogP contribution is 2.70. The maximum Gasteiger partial charge on any atom is 0.0753 e. The van der Waals surface area contributed by atoms with E-state index in [9.17, 15) is 0 Å². The first-order valence-corrected chi connectivity index (χ1v) is 13.8. The van der Waals surface area contributed by atoms with Gasteiger partial charge >= 0.3 is 0 Å². The number of benzene rings is 2. The van der Waals surface area contributed by atoms with E-state index in [-0.39, 0.29) is 0 Å². The maximum absolute atomic E-state index is 2.65. The van der Waals surface area contributed by atoms with E-state index in [1.807, 2.05) is 0 Å². The molecular formula is C24H30N2S3. The van der Waals surface area contributed by atoms with Crippen molar-refractivity contribution in [2.45, 2.75) is 46.9 Å². The van der Waals surface area contributed by atoms with Gasteiger partial charge in [0.05, 0.1) is 8.16 Å². The molecule has 0 N–H and O–H groups in total. The Bertz CT molecular complexity index is 715. The van der Waals surface area contributed by atoms with Crippen molar-refractivity contribution in [3.63, 3.8) is 0 Å². The number of thioether (sulfide) groups is 1.